The molecule has 150 valence electrons. The Bertz CT molecular complexity index is 1180. The van der Waals surface area contributed by atoms with Gasteiger partial charge in [0.1, 0.15) is 5.56 Å². The number of amides is 2. The van der Waals surface area contributed by atoms with Gasteiger partial charge < -0.3 is 10.3 Å². The Kier molecular flexibility index (Phi) is 6.25. The molecule has 2 aromatic heterocycles. The van der Waals surface area contributed by atoms with E-state index in [1.165, 1.54) is 7.05 Å². The van der Waals surface area contributed by atoms with E-state index in [-0.39, 0.29) is 29.6 Å². The van der Waals surface area contributed by atoms with Crippen LogP contribution in [0.2, 0.25) is 5.02 Å². The summed E-state index contributed by atoms with van der Waals surface area (Å²) >= 11 is 7.22. The number of hydrogen-bond acceptors (Lipinski definition) is 6. The first-order valence-corrected chi connectivity index (χ1v) is 9.67. The van der Waals surface area contributed by atoms with Crippen LogP contribution in [0.25, 0.3) is 0 Å². The van der Waals surface area contributed by atoms with Gasteiger partial charge in [0.2, 0.25) is 5.91 Å². The van der Waals surface area contributed by atoms with Crippen LogP contribution in [0.5, 0.6) is 0 Å². The van der Waals surface area contributed by atoms with Crippen LogP contribution in [0.15, 0.2) is 45.4 Å². The number of benzene rings is 1. The van der Waals surface area contributed by atoms with E-state index in [9.17, 15) is 19.2 Å². The summed E-state index contributed by atoms with van der Waals surface area (Å²) in [4.78, 5) is 55.3. The fourth-order valence-corrected chi connectivity index (χ4v) is 3.38. The van der Waals surface area contributed by atoms with E-state index in [1.807, 2.05) is 0 Å². The third-order valence-corrected chi connectivity index (χ3v) is 5.16. The molecule has 1 aromatic carbocycles. The number of H-pyrrole nitrogens is 1. The number of likely N-dealkylation sites (N-methyl/N-ethyl adjacent to an activating group) is 1. The zero-order chi connectivity index (χ0) is 21.0. The Hall–Kier alpha value is -3.24. The van der Waals surface area contributed by atoms with Crippen LogP contribution in [-0.4, -0.2) is 33.4 Å². The van der Waals surface area contributed by atoms with Crippen molar-refractivity contribution in [3.8, 4) is 0 Å². The van der Waals surface area contributed by atoms with Crippen LogP contribution in [0.4, 0.5) is 5.13 Å². The molecule has 9 nitrogen and oxygen atoms in total. The first kappa shape index (κ1) is 20.5. The lowest BCUT2D eigenvalue weighted by atomic mass is 10.2. The molecule has 0 fully saturated rings. The van der Waals surface area contributed by atoms with Gasteiger partial charge in [0.05, 0.1) is 18.7 Å². The molecule has 3 N–H and O–H groups in total. The highest BCUT2D eigenvalue weighted by atomic mass is 35.5. The molecule has 29 heavy (non-hydrogen) atoms. The summed E-state index contributed by atoms with van der Waals surface area (Å²) in [6.45, 7) is -0.0809. The zero-order valence-corrected chi connectivity index (χ0v) is 16.8. The molecule has 0 unspecified atom stereocenters. The molecular formula is C18H16ClN5O4S. The van der Waals surface area contributed by atoms with Crippen molar-refractivity contribution in [3.05, 3.63) is 78.5 Å². The highest BCUT2D eigenvalue weighted by Crippen LogP contribution is 2.17. The smallest absolute Gasteiger partial charge is 0.328 e. The number of nitrogens with zero attached hydrogens (tertiary/aromatic N) is 2. The Labute approximate surface area is 173 Å². The molecule has 0 saturated heterocycles. The van der Waals surface area contributed by atoms with Gasteiger partial charge >= 0.3 is 5.69 Å². The minimum absolute atomic E-state index is 0.0756. The lowest BCUT2D eigenvalue weighted by Gasteiger charge is -2.08. The number of halogens is 1. The van der Waals surface area contributed by atoms with Gasteiger partial charge in [-0.3, -0.25) is 24.3 Å². The molecule has 0 aliphatic heterocycles. The van der Waals surface area contributed by atoms with Crippen LogP contribution in [0.3, 0.4) is 0 Å². The quantitative estimate of drug-likeness (QED) is 0.539. The van der Waals surface area contributed by atoms with Crippen LogP contribution in [0.1, 0.15) is 21.6 Å². The molecule has 2 heterocycles. The average molecular weight is 434 g/mol. The summed E-state index contributed by atoms with van der Waals surface area (Å²) in [5.41, 5.74) is -0.609. The van der Waals surface area contributed by atoms with Gasteiger partial charge in [0.15, 0.2) is 5.13 Å². The largest absolute Gasteiger partial charge is 0.359 e. The topological polar surface area (TPSA) is 126 Å². The van der Waals surface area contributed by atoms with Gasteiger partial charge in [-0.25, -0.2) is 9.78 Å². The second-order valence-corrected chi connectivity index (χ2v) is 7.20. The van der Waals surface area contributed by atoms with Gasteiger partial charge in [-0.2, -0.15) is 0 Å². The highest BCUT2D eigenvalue weighted by Gasteiger charge is 2.17. The molecule has 0 aliphatic carbocycles. The lowest BCUT2D eigenvalue weighted by molar-refractivity contribution is -0.120. The Morgan fingerprint density at radius 3 is 2.76 bits per heavy atom. The van der Waals surface area contributed by atoms with Crippen molar-refractivity contribution in [1.82, 2.24) is 19.9 Å². The van der Waals surface area contributed by atoms with E-state index in [0.717, 1.165) is 22.1 Å². The van der Waals surface area contributed by atoms with Gasteiger partial charge in [-0.1, -0.05) is 29.8 Å². The van der Waals surface area contributed by atoms with Crippen molar-refractivity contribution in [1.29, 1.82) is 0 Å². The first-order valence-electron chi connectivity index (χ1n) is 8.41. The van der Waals surface area contributed by atoms with E-state index in [2.05, 4.69) is 20.6 Å². The molecule has 0 spiro atoms. The summed E-state index contributed by atoms with van der Waals surface area (Å²) < 4.78 is 0.898. The maximum atomic E-state index is 12.7. The molecule has 0 aliphatic rings. The van der Waals surface area contributed by atoms with E-state index in [1.54, 1.807) is 29.6 Å². The molecule has 3 aromatic rings. The number of anilines is 1. The number of thiazole rings is 1. The number of aromatic amines is 1. The second kappa shape index (κ2) is 8.84. The van der Waals surface area contributed by atoms with Crippen molar-refractivity contribution in [2.45, 2.75) is 13.0 Å². The summed E-state index contributed by atoms with van der Waals surface area (Å²) in [6, 6.07) is 6.79. The molecule has 0 atom stereocenters. The molecule has 2 amide bonds. The number of nitrogens with one attached hydrogen (secondary N) is 3. The maximum absolute atomic E-state index is 12.7. The van der Waals surface area contributed by atoms with E-state index in [0.29, 0.717) is 16.3 Å². The number of aromatic nitrogens is 3. The Morgan fingerprint density at radius 2 is 2.03 bits per heavy atom. The molecule has 0 bridgehead atoms. The minimum Gasteiger partial charge on any atom is -0.359 e. The zero-order valence-electron chi connectivity index (χ0n) is 15.2. The lowest BCUT2D eigenvalue weighted by Crippen LogP contribution is -2.39. The molecule has 0 saturated carbocycles. The van der Waals surface area contributed by atoms with Gasteiger partial charge in [-0.05, 0) is 11.6 Å². The van der Waals surface area contributed by atoms with E-state index >= 15 is 0 Å². The van der Waals surface area contributed by atoms with Gasteiger partial charge in [0.25, 0.3) is 11.5 Å². The fourth-order valence-electron chi connectivity index (χ4n) is 2.48. The molecule has 3 rings (SSSR count). The molecular weight excluding hydrogens is 418 g/mol. The third-order valence-electron chi connectivity index (χ3n) is 3.98. The van der Waals surface area contributed by atoms with Crippen LogP contribution >= 0.6 is 22.9 Å². The number of carbonyl (C=O) groups is 2. The fraction of sp³-hybridized carbons (Fsp3) is 0.167. The normalized spacial score (nSPS) is 10.6. The Balaban J connectivity index is 1.83. The van der Waals surface area contributed by atoms with Crippen LogP contribution in [0, 0.1) is 0 Å². The summed E-state index contributed by atoms with van der Waals surface area (Å²) in [5.74, 6) is -0.934. The van der Waals surface area contributed by atoms with Crippen LogP contribution in [-0.2, 0) is 17.8 Å². The standard InChI is InChI=1S/C18H16ClN5O4S/c1-20-14(25)6-11-9-29-17(22-11)23-15(26)12-7-21-18(28)24(16(12)27)8-10-4-2-3-5-13(10)19/h2-5,7,9H,6,8H2,1H3,(H,20,25)(H,21,28)(H,22,23,26). The molecule has 0 radical (unpaired) electrons. The first-order chi connectivity index (χ1) is 13.9. The van der Waals surface area contributed by atoms with Crippen molar-refractivity contribution >= 4 is 39.9 Å². The predicted octanol–water partition coefficient (Wildman–Crippen LogP) is 1.24. The average Bonchev–Trinajstić information content (AvgIpc) is 3.12. The monoisotopic (exact) mass is 433 g/mol. The van der Waals surface area contributed by atoms with E-state index in [4.69, 9.17) is 11.6 Å². The van der Waals surface area contributed by atoms with Crippen molar-refractivity contribution in [3.63, 3.8) is 0 Å². The summed E-state index contributed by atoms with van der Waals surface area (Å²) in [5, 5.41) is 7.26. The molecule has 11 heteroatoms. The number of hydrogen-bond donors (Lipinski definition) is 3. The van der Waals surface area contributed by atoms with Gasteiger partial charge in [-0.15, -0.1) is 11.3 Å². The van der Waals surface area contributed by atoms with Gasteiger partial charge in [0, 0.05) is 23.6 Å². The second-order valence-electron chi connectivity index (χ2n) is 5.94. The number of rotatable bonds is 6. The maximum Gasteiger partial charge on any atom is 0.328 e. The van der Waals surface area contributed by atoms with Crippen molar-refractivity contribution in [2.24, 2.45) is 0 Å². The highest BCUT2D eigenvalue weighted by molar-refractivity contribution is 7.14. The Morgan fingerprint density at radius 1 is 1.28 bits per heavy atom. The summed E-state index contributed by atoms with van der Waals surface area (Å²) in [7, 11) is 1.52. The third kappa shape index (κ3) is 4.79. The van der Waals surface area contributed by atoms with Crippen LogP contribution < -0.4 is 21.9 Å². The van der Waals surface area contributed by atoms with Crippen molar-refractivity contribution in [2.75, 3.05) is 12.4 Å². The number of carbonyl (C=O) groups excluding carboxylic acids is 2. The minimum atomic E-state index is -0.756. The SMILES string of the molecule is CNC(=O)Cc1csc(NC(=O)c2c[nH]c(=O)n(Cc3ccccc3Cl)c2=O)n1. The van der Waals surface area contributed by atoms with Crippen molar-refractivity contribution < 1.29 is 9.59 Å². The van der Waals surface area contributed by atoms with E-state index < -0.39 is 17.2 Å². The predicted molar refractivity (Wildman–Crippen MR) is 110 cm³/mol. The summed E-state index contributed by atoms with van der Waals surface area (Å²) in [6.07, 6.45) is 1.13.